The molecule has 0 unspecified atom stereocenters. The van der Waals surface area contributed by atoms with Gasteiger partial charge in [0.2, 0.25) is 5.91 Å². The van der Waals surface area contributed by atoms with Crippen LogP contribution in [0.25, 0.3) is 0 Å². The van der Waals surface area contributed by atoms with Gasteiger partial charge in [0.25, 0.3) is 0 Å². The Morgan fingerprint density at radius 1 is 0.952 bits per heavy atom. The van der Waals surface area contributed by atoms with Crippen LogP contribution in [0, 0.1) is 0 Å². The number of nitrogens with zero attached hydrogens (tertiary/aromatic N) is 2. The Hall–Kier alpha value is -1.32. The van der Waals surface area contributed by atoms with Crippen molar-refractivity contribution < 1.29 is 4.79 Å². The number of carbonyl (C=O) groups excluding carboxylic acids is 1. The number of nitrogens with one attached hydrogen (secondary N) is 1. The summed E-state index contributed by atoms with van der Waals surface area (Å²) >= 11 is 0. The molecule has 21 heavy (non-hydrogen) atoms. The molecule has 119 valence electrons. The molecule has 1 heterocycles. The second-order valence-electron chi connectivity index (χ2n) is 5.74. The van der Waals surface area contributed by atoms with Gasteiger partial charge < -0.3 is 5.32 Å². The number of aliphatic imine (C=N–C) groups is 1. The van der Waals surface area contributed by atoms with Gasteiger partial charge in [-0.1, -0.05) is 71.1 Å². The van der Waals surface area contributed by atoms with Crippen molar-refractivity contribution in [2.45, 2.75) is 84.0 Å². The lowest BCUT2D eigenvalue weighted by atomic mass is 10.1. The number of hydrogen-bond donors (Lipinski definition) is 1. The van der Waals surface area contributed by atoms with Crippen LogP contribution in [0.2, 0.25) is 0 Å². The fourth-order valence-corrected chi connectivity index (χ4v) is 2.45. The predicted octanol–water partition coefficient (Wildman–Crippen LogP) is 4.25. The molecule has 0 atom stereocenters. The maximum atomic E-state index is 11.6. The van der Waals surface area contributed by atoms with Crippen molar-refractivity contribution >= 4 is 12.2 Å². The minimum absolute atomic E-state index is 0.0476. The van der Waals surface area contributed by atoms with Crippen LogP contribution in [0.4, 0.5) is 0 Å². The fourth-order valence-electron chi connectivity index (χ4n) is 2.45. The van der Waals surface area contributed by atoms with E-state index in [1.807, 2.05) is 0 Å². The zero-order valence-corrected chi connectivity index (χ0v) is 13.4. The van der Waals surface area contributed by atoms with Gasteiger partial charge in [-0.15, -0.1) is 0 Å². The summed E-state index contributed by atoms with van der Waals surface area (Å²) in [4.78, 5) is 15.5. The number of rotatable bonds is 13. The summed E-state index contributed by atoms with van der Waals surface area (Å²) in [5, 5.41) is 6.56. The molecule has 0 saturated heterocycles. The SMILES string of the molecule is CCCCCCCCCCCCCC(=O)NC1=C[N]C=N1. The largest absolute Gasteiger partial charge is 0.309 e. The van der Waals surface area contributed by atoms with Crippen molar-refractivity contribution in [3.8, 4) is 0 Å². The lowest BCUT2D eigenvalue weighted by Crippen LogP contribution is -2.20. The second-order valence-corrected chi connectivity index (χ2v) is 5.74. The van der Waals surface area contributed by atoms with Crippen LogP contribution in [-0.2, 0) is 4.79 Å². The van der Waals surface area contributed by atoms with Gasteiger partial charge in [-0.05, 0) is 6.42 Å². The highest BCUT2D eigenvalue weighted by Crippen LogP contribution is 2.12. The molecule has 0 aromatic rings. The van der Waals surface area contributed by atoms with Gasteiger partial charge in [-0.25, -0.2) is 10.3 Å². The van der Waals surface area contributed by atoms with Crippen LogP contribution in [0.1, 0.15) is 84.0 Å². The van der Waals surface area contributed by atoms with E-state index < -0.39 is 0 Å². The van der Waals surface area contributed by atoms with Gasteiger partial charge in [-0.3, -0.25) is 4.79 Å². The third kappa shape index (κ3) is 10.1. The third-order valence-corrected chi connectivity index (χ3v) is 3.74. The molecule has 0 aliphatic carbocycles. The van der Waals surface area contributed by atoms with Crippen LogP contribution < -0.4 is 10.6 Å². The Balaban J connectivity index is 1.80. The molecular weight excluding hydrogens is 262 g/mol. The highest BCUT2D eigenvalue weighted by molar-refractivity contribution is 5.78. The van der Waals surface area contributed by atoms with E-state index >= 15 is 0 Å². The Kier molecular flexibility index (Phi) is 10.5. The van der Waals surface area contributed by atoms with Gasteiger partial charge in [0.1, 0.15) is 6.34 Å². The molecule has 1 amide bonds. The predicted molar refractivity (Wildman–Crippen MR) is 87.9 cm³/mol. The molecule has 0 fully saturated rings. The normalized spacial score (nSPS) is 13.1. The van der Waals surface area contributed by atoms with Gasteiger partial charge in [0, 0.05) is 6.42 Å². The minimum atomic E-state index is 0.0476. The molecule has 4 nitrogen and oxygen atoms in total. The number of carbonyl (C=O) groups is 1. The minimum Gasteiger partial charge on any atom is -0.309 e. The first-order valence-corrected chi connectivity index (χ1v) is 8.55. The first kappa shape index (κ1) is 17.7. The molecule has 1 aliphatic rings. The fraction of sp³-hybridized carbons (Fsp3) is 0.765. The summed E-state index contributed by atoms with van der Waals surface area (Å²) in [5.74, 6) is 0.606. The van der Waals surface area contributed by atoms with Crippen molar-refractivity contribution in [2.75, 3.05) is 0 Å². The first-order chi connectivity index (χ1) is 10.3. The van der Waals surface area contributed by atoms with Gasteiger partial charge >= 0.3 is 0 Å². The molecule has 0 bridgehead atoms. The van der Waals surface area contributed by atoms with Crippen molar-refractivity contribution in [2.24, 2.45) is 4.99 Å². The van der Waals surface area contributed by atoms with Crippen LogP contribution in [0.5, 0.6) is 0 Å². The zero-order valence-electron chi connectivity index (χ0n) is 13.4. The highest BCUT2D eigenvalue weighted by Gasteiger charge is 2.05. The quantitative estimate of drug-likeness (QED) is 0.507. The van der Waals surface area contributed by atoms with Crippen molar-refractivity contribution in [1.29, 1.82) is 0 Å². The van der Waals surface area contributed by atoms with Gasteiger partial charge in [0.05, 0.1) is 6.20 Å². The van der Waals surface area contributed by atoms with Gasteiger partial charge in [-0.2, -0.15) is 0 Å². The number of hydrogen-bond acceptors (Lipinski definition) is 2. The summed E-state index contributed by atoms with van der Waals surface area (Å²) in [6, 6.07) is 0. The first-order valence-electron chi connectivity index (χ1n) is 8.55. The number of unbranched alkanes of at least 4 members (excludes halogenated alkanes) is 10. The molecule has 4 heteroatoms. The summed E-state index contributed by atoms with van der Waals surface area (Å²) in [6.45, 7) is 2.26. The van der Waals surface area contributed by atoms with E-state index in [2.05, 4.69) is 22.5 Å². The average molecular weight is 292 g/mol. The van der Waals surface area contributed by atoms with E-state index in [0.717, 1.165) is 12.8 Å². The summed E-state index contributed by atoms with van der Waals surface area (Å²) in [6.07, 6.45) is 17.9. The van der Waals surface area contributed by atoms with E-state index in [1.54, 1.807) is 6.20 Å². The third-order valence-electron chi connectivity index (χ3n) is 3.74. The summed E-state index contributed by atoms with van der Waals surface area (Å²) in [7, 11) is 0. The Labute approximate surface area is 129 Å². The van der Waals surface area contributed by atoms with E-state index in [0.29, 0.717) is 12.2 Å². The lowest BCUT2D eigenvalue weighted by molar-refractivity contribution is -0.120. The molecule has 0 aromatic carbocycles. The van der Waals surface area contributed by atoms with Crippen LogP contribution in [0.15, 0.2) is 17.0 Å². The topological polar surface area (TPSA) is 55.6 Å². The average Bonchev–Trinajstić information content (AvgIpc) is 2.97. The van der Waals surface area contributed by atoms with Crippen molar-refractivity contribution in [1.82, 2.24) is 10.6 Å². The second kappa shape index (κ2) is 12.4. The van der Waals surface area contributed by atoms with Gasteiger partial charge in [0.15, 0.2) is 5.82 Å². The molecule has 1 aliphatic heterocycles. The molecule has 1 radical (unpaired) electrons. The zero-order chi connectivity index (χ0) is 15.2. The molecule has 1 rings (SSSR count). The molecule has 0 spiro atoms. The maximum absolute atomic E-state index is 11.6. The molecule has 1 N–H and O–H groups in total. The summed E-state index contributed by atoms with van der Waals surface area (Å²) in [5.41, 5.74) is 0. The van der Waals surface area contributed by atoms with Crippen LogP contribution >= 0.6 is 0 Å². The maximum Gasteiger partial charge on any atom is 0.225 e. The van der Waals surface area contributed by atoms with E-state index in [-0.39, 0.29) is 5.91 Å². The van der Waals surface area contributed by atoms with Crippen molar-refractivity contribution in [3.05, 3.63) is 12.0 Å². The van der Waals surface area contributed by atoms with Crippen molar-refractivity contribution in [3.63, 3.8) is 0 Å². The monoisotopic (exact) mass is 292 g/mol. The van der Waals surface area contributed by atoms with Crippen LogP contribution in [0.3, 0.4) is 0 Å². The standard InChI is InChI=1S/C17H30N3O/c1-2-3-4-5-6-7-8-9-10-11-12-13-17(21)20-16-14-18-15-19-16/h14-15H,2-13H2,1H3,(H,20,21). The van der Waals surface area contributed by atoms with E-state index in [4.69, 9.17) is 0 Å². The van der Waals surface area contributed by atoms with Crippen LogP contribution in [-0.4, -0.2) is 12.2 Å². The smallest absolute Gasteiger partial charge is 0.225 e. The van der Waals surface area contributed by atoms with E-state index in [9.17, 15) is 4.79 Å². The van der Waals surface area contributed by atoms with E-state index in [1.165, 1.54) is 64.1 Å². The number of amides is 1. The Morgan fingerprint density at radius 2 is 1.52 bits per heavy atom. The Morgan fingerprint density at radius 3 is 2.05 bits per heavy atom. The molecular formula is C17H30N3O. The Bertz CT molecular complexity index is 337. The highest BCUT2D eigenvalue weighted by atomic mass is 16.1. The summed E-state index contributed by atoms with van der Waals surface area (Å²) < 4.78 is 0. The molecule has 0 aromatic heterocycles. The lowest BCUT2D eigenvalue weighted by Gasteiger charge is -2.04. The molecule has 0 saturated carbocycles.